The van der Waals surface area contributed by atoms with Gasteiger partial charge in [-0.05, 0) is 48.0 Å². The average molecular weight is 365 g/mol. The van der Waals surface area contributed by atoms with Crippen LogP contribution in [0.3, 0.4) is 0 Å². The summed E-state index contributed by atoms with van der Waals surface area (Å²) in [5, 5.41) is 19.0. The summed E-state index contributed by atoms with van der Waals surface area (Å²) in [6.45, 7) is 0. The Morgan fingerprint density at radius 3 is 2.36 bits per heavy atom. The van der Waals surface area contributed by atoms with Crippen LogP contribution in [-0.2, 0) is 0 Å². The molecule has 0 N–H and O–H groups in total. The zero-order valence-electron chi connectivity index (χ0n) is 12.7. The van der Waals surface area contributed by atoms with Gasteiger partial charge in [0.1, 0.15) is 16.8 Å². The lowest BCUT2D eigenvalue weighted by Crippen LogP contribution is -2.30. The molecule has 0 atom stereocenters. The van der Waals surface area contributed by atoms with Crippen molar-refractivity contribution in [2.75, 3.05) is 0 Å². The molecule has 0 saturated heterocycles. The van der Waals surface area contributed by atoms with E-state index in [-0.39, 0.29) is 15.8 Å². The summed E-state index contributed by atoms with van der Waals surface area (Å²) in [6.07, 6.45) is 4.96. The summed E-state index contributed by atoms with van der Waals surface area (Å²) in [5.74, 6) is 0. The second kappa shape index (κ2) is 7.14. The minimum atomic E-state index is -0.304. The first-order valence-electron chi connectivity index (χ1n) is 7.08. The van der Waals surface area contributed by atoms with E-state index in [1.165, 1.54) is 4.57 Å². The molecular weight excluding hydrogens is 356 g/mol. The van der Waals surface area contributed by atoms with Crippen LogP contribution in [0, 0.1) is 22.7 Å². The lowest BCUT2D eigenvalue weighted by molar-refractivity contribution is 0.988. The fourth-order valence-corrected chi connectivity index (χ4v) is 3.39. The highest BCUT2D eigenvalue weighted by Gasteiger charge is 2.11. The number of hydrogen-bond donors (Lipinski definition) is 0. The van der Waals surface area contributed by atoms with Crippen molar-refractivity contribution < 1.29 is 0 Å². The number of benzene rings is 1. The van der Waals surface area contributed by atoms with Crippen LogP contribution in [0.5, 0.6) is 0 Å². The number of hydrogen-bond acceptors (Lipinski definition) is 5. The van der Waals surface area contributed by atoms with Crippen molar-refractivity contribution in [1.29, 1.82) is 10.5 Å². The van der Waals surface area contributed by atoms with Gasteiger partial charge < -0.3 is 0 Å². The van der Waals surface area contributed by atoms with Gasteiger partial charge in [0.05, 0.1) is 10.2 Å². The monoisotopic (exact) mass is 364 g/mol. The van der Waals surface area contributed by atoms with E-state index in [1.807, 2.05) is 12.1 Å². The molecule has 7 heteroatoms. The number of pyridine rings is 1. The maximum absolute atomic E-state index is 12.9. The van der Waals surface area contributed by atoms with E-state index < -0.39 is 0 Å². The first kappa shape index (κ1) is 16.7. The summed E-state index contributed by atoms with van der Waals surface area (Å²) >= 11 is 7.00. The van der Waals surface area contributed by atoms with Crippen molar-refractivity contribution in [3.8, 4) is 17.8 Å². The Balaban J connectivity index is 2.39. The molecule has 2 heterocycles. The summed E-state index contributed by atoms with van der Waals surface area (Å²) in [7, 11) is 0. The quantitative estimate of drug-likeness (QED) is 0.696. The van der Waals surface area contributed by atoms with Crippen molar-refractivity contribution in [2.24, 2.45) is 0 Å². The third kappa shape index (κ3) is 3.36. The number of nitrogens with zero attached hydrogens (tertiary/aromatic N) is 4. The van der Waals surface area contributed by atoms with Crippen LogP contribution in [0.1, 0.15) is 5.56 Å². The van der Waals surface area contributed by atoms with Gasteiger partial charge in [-0.3, -0.25) is 14.3 Å². The second-order valence-corrected chi connectivity index (χ2v) is 6.38. The number of thiazole rings is 1. The van der Waals surface area contributed by atoms with Crippen LogP contribution in [0.2, 0.25) is 5.02 Å². The topological polar surface area (TPSA) is 82.5 Å². The largest absolute Gasteiger partial charge is 0.273 e. The van der Waals surface area contributed by atoms with Crippen molar-refractivity contribution in [2.45, 2.75) is 0 Å². The minimum absolute atomic E-state index is 0.119. The Hall–Kier alpha value is -3.19. The Labute approximate surface area is 151 Å². The van der Waals surface area contributed by atoms with Gasteiger partial charge in [-0.2, -0.15) is 10.5 Å². The molecule has 3 aromatic rings. The number of nitriles is 2. The van der Waals surface area contributed by atoms with E-state index >= 15 is 0 Å². The smallest absolute Gasteiger partial charge is 0.267 e. The zero-order valence-corrected chi connectivity index (χ0v) is 14.3. The second-order valence-electron chi connectivity index (χ2n) is 4.91. The zero-order chi connectivity index (χ0) is 17.8. The molecule has 0 unspecified atom stereocenters. The van der Waals surface area contributed by atoms with Crippen LogP contribution in [-0.4, -0.2) is 9.55 Å². The average Bonchev–Trinajstić information content (AvgIpc) is 2.94. The van der Waals surface area contributed by atoms with Crippen molar-refractivity contribution in [3.05, 3.63) is 78.9 Å². The van der Waals surface area contributed by atoms with Crippen LogP contribution in [0.15, 0.2) is 53.6 Å². The predicted molar refractivity (Wildman–Crippen MR) is 96.6 cm³/mol. The van der Waals surface area contributed by atoms with Gasteiger partial charge in [0.2, 0.25) is 0 Å². The Bertz CT molecular complexity index is 1160. The van der Waals surface area contributed by atoms with Crippen molar-refractivity contribution in [1.82, 2.24) is 9.55 Å². The fraction of sp³-hybridized carbons (Fsp3) is 0. The summed E-state index contributed by atoms with van der Waals surface area (Å²) in [6, 6.07) is 13.9. The molecule has 0 spiro atoms. The predicted octanol–water partition coefficient (Wildman–Crippen LogP) is 1.97. The molecular formula is C18H9ClN4OS. The number of aromatic nitrogens is 2. The molecule has 0 amide bonds. The van der Waals surface area contributed by atoms with Gasteiger partial charge in [-0.25, -0.2) is 0 Å². The molecule has 0 aliphatic carbocycles. The van der Waals surface area contributed by atoms with E-state index in [4.69, 9.17) is 11.6 Å². The van der Waals surface area contributed by atoms with Crippen molar-refractivity contribution >= 4 is 34.6 Å². The Kier molecular flexibility index (Phi) is 4.76. The molecule has 0 aliphatic heterocycles. The van der Waals surface area contributed by atoms with Gasteiger partial charge in [-0.1, -0.05) is 11.6 Å². The molecule has 1 aromatic carbocycles. The number of rotatable bonds is 2. The first-order chi connectivity index (χ1) is 12.1. The minimum Gasteiger partial charge on any atom is -0.267 e. The third-order valence-corrected chi connectivity index (χ3v) is 4.69. The highest BCUT2D eigenvalue weighted by Crippen LogP contribution is 2.11. The van der Waals surface area contributed by atoms with Gasteiger partial charge >= 0.3 is 0 Å². The molecule has 120 valence electrons. The normalized spacial score (nSPS) is 10.9. The standard InChI is InChI=1S/C18H9ClN4OS/c19-14-1-3-15(4-2-14)23-17(24)16(9-12-5-7-22-8-6-12)25-18(23)13(10-20)11-21/h1-9H/b16-9+. The molecule has 5 nitrogen and oxygen atoms in total. The molecule has 0 bridgehead atoms. The summed E-state index contributed by atoms with van der Waals surface area (Å²) < 4.78 is 2.06. The van der Waals surface area contributed by atoms with Gasteiger partial charge in [0, 0.05) is 17.4 Å². The Morgan fingerprint density at radius 1 is 1.12 bits per heavy atom. The lowest BCUT2D eigenvalue weighted by Gasteiger charge is -2.01. The summed E-state index contributed by atoms with van der Waals surface area (Å²) in [4.78, 5) is 16.8. The highest BCUT2D eigenvalue weighted by atomic mass is 35.5. The van der Waals surface area contributed by atoms with E-state index in [0.29, 0.717) is 15.2 Å². The van der Waals surface area contributed by atoms with Crippen molar-refractivity contribution in [3.63, 3.8) is 0 Å². The maximum Gasteiger partial charge on any atom is 0.273 e. The fourth-order valence-electron chi connectivity index (χ4n) is 2.21. The van der Waals surface area contributed by atoms with Gasteiger partial charge in [0.25, 0.3) is 5.56 Å². The SMILES string of the molecule is N#CC(C#N)=c1s/c(=C/c2ccncc2)c(=O)n1-c1ccc(Cl)cc1. The highest BCUT2D eigenvalue weighted by molar-refractivity contribution is 7.07. The molecule has 0 radical (unpaired) electrons. The molecule has 25 heavy (non-hydrogen) atoms. The summed E-state index contributed by atoms with van der Waals surface area (Å²) in [5.41, 5.74) is 0.921. The first-order valence-corrected chi connectivity index (χ1v) is 8.27. The van der Waals surface area contributed by atoms with E-state index in [9.17, 15) is 15.3 Å². The van der Waals surface area contributed by atoms with Crippen LogP contribution in [0.4, 0.5) is 0 Å². The molecule has 0 aliphatic rings. The van der Waals surface area contributed by atoms with Crippen LogP contribution < -0.4 is 14.8 Å². The van der Waals surface area contributed by atoms with Gasteiger partial charge in [-0.15, -0.1) is 11.3 Å². The Morgan fingerprint density at radius 2 is 1.76 bits per heavy atom. The van der Waals surface area contributed by atoms with Gasteiger partial charge in [0.15, 0.2) is 5.57 Å². The van der Waals surface area contributed by atoms with Crippen LogP contribution in [0.25, 0.3) is 17.3 Å². The maximum atomic E-state index is 12.9. The molecule has 0 fully saturated rings. The van der Waals surface area contributed by atoms with E-state index in [2.05, 4.69) is 4.98 Å². The molecule has 3 rings (SSSR count). The van der Waals surface area contributed by atoms with Crippen LogP contribution >= 0.6 is 22.9 Å². The lowest BCUT2D eigenvalue weighted by atomic mass is 10.2. The third-order valence-electron chi connectivity index (χ3n) is 3.35. The molecule has 0 saturated carbocycles. The molecule has 2 aromatic heterocycles. The van der Waals surface area contributed by atoms with E-state index in [1.54, 1.807) is 54.9 Å². The number of halogens is 1. The van der Waals surface area contributed by atoms with E-state index in [0.717, 1.165) is 16.9 Å².